The smallest absolute Gasteiger partial charge is 0.0361 e. The molecule has 0 aliphatic rings. The quantitative estimate of drug-likeness (QED) is 0.844. The van der Waals surface area contributed by atoms with E-state index in [-0.39, 0.29) is 5.54 Å². The van der Waals surface area contributed by atoms with Crippen LogP contribution >= 0.6 is 0 Å². The summed E-state index contributed by atoms with van der Waals surface area (Å²) in [7, 11) is 4.15. The Labute approximate surface area is 125 Å². The van der Waals surface area contributed by atoms with E-state index >= 15 is 0 Å². The molecule has 0 spiro atoms. The van der Waals surface area contributed by atoms with Gasteiger partial charge in [-0.1, -0.05) is 32.9 Å². The Bertz CT molecular complexity index is 410. The predicted octanol–water partition coefficient (Wildman–Crippen LogP) is 4.62. The molecule has 1 rings (SSSR count). The van der Waals surface area contributed by atoms with Gasteiger partial charge in [0.05, 0.1) is 0 Å². The van der Waals surface area contributed by atoms with Crippen LogP contribution in [0.4, 0.5) is 5.69 Å². The van der Waals surface area contributed by atoms with Crippen LogP contribution < -0.4 is 10.2 Å². The van der Waals surface area contributed by atoms with E-state index in [0.717, 1.165) is 6.42 Å². The lowest BCUT2D eigenvalue weighted by Crippen LogP contribution is -2.43. The Kier molecular flexibility index (Phi) is 5.26. The molecular formula is C18H32N2. The van der Waals surface area contributed by atoms with Gasteiger partial charge in [-0.15, -0.1) is 0 Å². The number of hydrogen-bond donors (Lipinski definition) is 1. The first-order valence-electron chi connectivity index (χ1n) is 7.55. The maximum atomic E-state index is 3.76. The van der Waals surface area contributed by atoms with Crippen molar-refractivity contribution in [2.24, 2.45) is 5.41 Å². The van der Waals surface area contributed by atoms with E-state index in [9.17, 15) is 0 Å². The summed E-state index contributed by atoms with van der Waals surface area (Å²) in [5, 5.41) is 3.76. The molecular weight excluding hydrogens is 244 g/mol. The molecule has 1 aromatic carbocycles. The normalized spacial score (nSPS) is 14.2. The largest absolute Gasteiger partial charge is 0.378 e. The fourth-order valence-corrected chi connectivity index (χ4v) is 3.11. The summed E-state index contributed by atoms with van der Waals surface area (Å²) < 4.78 is 0. The first-order chi connectivity index (χ1) is 9.00. The van der Waals surface area contributed by atoms with Crippen molar-refractivity contribution in [3.05, 3.63) is 29.8 Å². The van der Waals surface area contributed by atoms with E-state index in [1.807, 2.05) is 0 Å². The molecule has 0 fully saturated rings. The van der Waals surface area contributed by atoms with Crippen LogP contribution in [0.2, 0.25) is 0 Å². The van der Waals surface area contributed by atoms with Crippen molar-refractivity contribution in [3.63, 3.8) is 0 Å². The Hall–Kier alpha value is -1.02. The molecule has 0 saturated carbocycles. The molecule has 0 aromatic heterocycles. The molecule has 0 saturated heterocycles. The van der Waals surface area contributed by atoms with Gasteiger partial charge in [0.1, 0.15) is 0 Å². The van der Waals surface area contributed by atoms with E-state index in [2.05, 4.69) is 90.1 Å². The maximum Gasteiger partial charge on any atom is 0.0361 e. The number of anilines is 1. The highest BCUT2D eigenvalue weighted by atomic mass is 15.1. The third-order valence-electron chi connectivity index (χ3n) is 3.49. The molecule has 0 heterocycles. The molecule has 2 heteroatoms. The van der Waals surface area contributed by atoms with Gasteiger partial charge in [0, 0.05) is 31.4 Å². The summed E-state index contributed by atoms with van der Waals surface area (Å²) in [6.45, 7) is 13.7. The molecule has 0 radical (unpaired) electrons. The minimum atomic E-state index is 0.137. The summed E-state index contributed by atoms with van der Waals surface area (Å²) in [5.41, 5.74) is 3.07. The number of nitrogens with zero attached hydrogens (tertiary/aromatic N) is 1. The van der Waals surface area contributed by atoms with E-state index < -0.39 is 0 Å². The molecule has 1 aromatic rings. The molecule has 20 heavy (non-hydrogen) atoms. The number of rotatable bonds is 5. The minimum Gasteiger partial charge on any atom is -0.378 e. The first-order valence-corrected chi connectivity index (χ1v) is 7.55. The standard InChI is InChI=1S/C18H32N2/c1-14(19-18(5,6)13-17(2,3)4)15-9-11-16(12-10-15)20(7)8/h9-12,14,19H,13H2,1-8H3. The first kappa shape index (κ1) is 17.0. The second kappa shape index (κ2) is 6.17. The molecule has 2 nitrogen and oxygen atoms in total. The molecule has 1 atom stereocenters. The van der Waals surface area contributed by atoms with Crippen molar-refractivity contribution in [1.82, 2.24) is 5.32 Å². The lowest BCUT2D eigenvalue weighted by Gasteiger charge is -2.36. The van der Waals surface area contributed by atoms with Gasteiger partial charge in [0.2, 0.25) is 0 Å². The highest BCUT2D eigenvalue weighted by Gasteiger charge is 2.26. The highest BCUT2D eigenvalue weighted by molar-refractivity contribution is 5.46. The average Bonchev–Trinajstić information content (AvgIpc) is 2.24. The maximum absolute atomic E-state index is 3.76. The van der Waals surface area contributed by atoms with Crippen LogP contribution in [0, 0.1) is 5.41 Å². The zero-order chi connectivity index (χ0) is 15.6. The number of nitrogens with one attached hydrogen (secondary N) is 1. The number of hydrogen-bond acceptors (Lipinski definition) is 2. The Morgan fingerprint density at radius 3 is 1.90 bits per heavy atom. The van der Waals surface area contributed by atoms with Crippen LogP contribution in [0.1, 0.15) is 59.6 Å². The van der Waals surface area contributed by atoms with E-state index in [0.29, 0.717) is 11.5 Å². The lowest BCUT2D eigenvalue weighted by atomic mass is 9.81. The Balaban J connectivity index is 2.73. The molecule has 0 bridgehead atoms. The lowest BCUT2D eigenvalue weighted by molar-refractivity contribution is 0.227. The van der Waals surface area contributed by atoms with Crippen LogP contribution in [0.3, 0.4) is 0 Å². The predicted molar refractivity (Wildman–Crippen MR) is 90.5 cm³/mol. The van der Waals surface area contributed by atoms with Crippen molar-refractivity contribution < 1.29 is 0 Å². The summed E-state index contributed by atoms with van der Waals surface area (Å²) in [5.74, 6) is 0. The highest BCUT2D eigenvalue weighted by Crippen LogP contribution is 2.29. The van der Waals surface area contributed by atoms with Gasteiger partial charge < -0.3 is 10.2 Å². The fraction of sp³-hybridized carbons (Fsp3) is 0.667. The van der Waals surface area contributed by atoms with Crippen LogP contribution in [-0.2, 0) is 0 Å². The molecule has 0 amide bonds. The van der Waals surface area contributed by atoms with Crippen molar-refractivity contribution in [2.45, 2.75) is 59.5 Å². The summed E-state index contributed by atoms with van der Waals surface area (Å²) >= 11 is 0. The molecule has 0 aliphatic heterocycles. The molecule has 114 valence electrons. The van der Waals surface area contributed by atoms with Crippen LogP contribution in [0.25, 0.3) is 0 Å². The van der Waals surface area contributed by atoms with Crippen LogP contribution in [0.5, 0.6) is 0 Å². The SMILES string of the molecule is CC(NC(C)(C)CC(C)(C)C)c1ccc(N(C)C)cc1. The molecule has 1 unspecified atom stereocenters. The fourth-order valence-electron chi connectivity index (χ4n) is 3.11. The second-order valence-electron chi connectivity index (χ2n) is 7.97. The summed E-state index contributed by atoms with van der Waals surface area (Å²) in [6, 6.07) is 9.18. The van der Waals surface area contributed by atoms with Crippen molar-refractivity contribution >= 4 is 5.69 Å². The third-order valence-corrected chi connectivity index (χ3v) is 3.49. The van der Waals surface area contributed by atoms with Gasteiger partial charge in [-0.2, -0.15) is 0 Å². The van der Waals surface area contributed by atoms with E-state index in [1.165, 1.54) is 11.3 Å². The van der Waals surface area contributed by atoms with Crippen molar-refractivity contribution in [1.29, 1.82) is 0 Å². The van der Waals surface area contributed by atoms with Gasteiger partial charge in [-0.3, -0.25) is 0 Å². The van der Waals surface area contributed by atoms with E-state index in [4.69, 9.17) is 0 Å². The summed E-state index contributed by atoms with van der Waals surface area (Å²) in [4.78, 5) is 2.13. The summed E-state index contributed by atoms with van der Waals surface area (Å²) in [6.07, 6.45) is 1.15. The topological polar surface area (TPSA) is 15.3 Å². The van der Waals surface area contributed by atoms with Gasteiger partial charge in [-0.25, -0.2) is 0 Å². The third kappa shape index (κ3) is 5.54. The van der Waals surface area contributed by atoms with Crippen LogP contribution in [0.15, 0.2) is 24.3 Å². The zero-order valence-electron chi connectivity index (χ0n) is 14.5. The Morgan fingerprint density at radius 2 is 1.50 bits per heavy atom. The van der Waals surface area contributed by atoms with Crippen LogP contribution in [-0.4, -0.2) is 19.6 Å². The monoisotopic (exact) mass is 276 g/mol. The van der Waals surface area contributed by atoms with Gasteiger partial charge in [0.25, 0.3) is 0 Å². The molecule has 1 N–H and O–H groups in total. The van der Waals surface area contributed by atoms with Gasteiger partial charge >= 0.3 is 0 Å². The van der Waals surface area contributed by atoms with Gasteiger partial charge in [0.15, 0.2) is 0 Å². The second-order valence-corrected chi connectivity index (χ2v) is 7.97. The average molecular weight is 276 g/mol. The van der Waals surface area contributed by atoms with E-state index in [1.54, 1.807) is 0 Å². The molecule has 0 aliphatic carbocycles. The zero-order valence-corrected chi connectivity index (χ0v) is 14.5. The number of benzene rings is 1. The van der Waals surface area contributed by atoms with Crippen molar-refractivity contribution in [3.8, 4) is 0 Å². The minimum absolute atomic E-state index is 0.137. The van der Waals surface area contributed by atoms with Gasteiger partial charge in [-0.05, 0) is 50.3 Å². The van der Waals surface area contributed by atoms with Crippen molar-refractivity contribution in [2.75, 3.05) is 19.0 Å². The Morgan fingerprint density at radius 1 is 1.00 bits per heavy atom.